The molecule has 0 atom stereocenters. The highest BCUT2D eigenvalue weighted by molar-refractivity contribution is 5.84. The van der Waals surface area contributed by atoms with Gasteiger partial charge in [-0.05, 0) is 30.3 Å². The minimum absolute atomic E-state index is 0.689. The Labute approximate surface area is 98.5 Å². The van der Waals surface area contributed by atoms with E-state index in [1.165, 1.54) is 0 Å². The van der Waals surface area contributed by atoms with Gasteiger partial charge in [0.1, 0.15) is 0 Å². The standard InChI is InChI=1S/C13H12N4/c14-11-4-5-15-8-13(11)17-10-1-2-12-9(7-10)3-6-16-12/h1-8,16-17H,(H2,14,15). The predicted molar refractivity (Wildman–Crippen MR) is 70.2 cm³/mol. The molecule has 1 aromatic carbocycles. The number of nitrogen functional groups attached to an aromatic ring is 1. The number of aromatic amines is 1. The van der Waals surface area contributed by atoms with Gasteiger partial charge in [-0.25, -0.2) is 0 Å². The highest BCUT2D eigenvalue weighted by Gasteiger charge is 2.00. The summed E-state index contributed by atoms with van der Waals surface area (Å²) in [5.74, 6) is 0. The summed E-state index contributed by atoms with van der Waals surface area (Å²) in [4.78, 5) is 7.20. The van der Waals surface area contributed by atoms with Crippen LogP contribution in [0.1, 0.15) is 0 Å². The molecule has 0 aliphatic rings. The maximum Gasteiger partial charge on any atom is 0.0804 e. The van der Waals surface area contributed by atoms with Crippen molar-refractivity contribution in [3.8, 4) is 0 Å². The van der Waals surface area contributed by atoms with Gasteiger partial charge in [-0.2, -0.15) is 0 Å². The van der Waals surface area contributed by atoms with Gasteiger partial charge in [0.25, 0.3) is 0 Å². The van der Waals surface area contributed by atoms with Crippen molar-refractivity contribution >= 4 is 28.0 Å². The molecule has 0 saturated carbocycles. The van der Waals surface area contributed by atoms with Crippen molar-refractivity contribution < 1.29 is 0 Å². The topological polar surface area (TPSA) is 66.7 Å². The first-order valence-electron chi connectivity index (χ1n) is 5.36. The Hall–Kier alpha value is -2.49. The smallest absolute Gasteiger partial charge is 0.0804 e. The van der Waals surface area contributed by atoms with Crippen LogP contribution in [0.2, 0.25) is 0 Å². The van der Waals surface area contributed by atoms with E-state index in [0.717, 1.165) is 22.3 Å². The number of nitrogens with two attached hydrogens (primary N) is 1. The number of rotatable bonds is 2. The van der Waals surface area contributed by atoms with Gasteiger partial charge in [0.2, 0.25) is 0 Å². The highest BCUT2D eigenvalue weighted by Crippen LogP contribution is 2.24. The fourth-order valence-electron chi connectivity index (χ4n) is 1.80. The summed E-state index contributed by atoms with van der Waals surface area (Å²) in [6, 6.07) is 9.91. The zero-order valence-electron chi connectivity index (χ0n) is 9.14. The number of nitrogens with one attached hydrogen (secondary N) is 2. The number of aromatic nitrogens is 2. The third-order valence-corrected chi connectivity index (χ3v) is 2.69. The second-order valence-electron chi connectivity index (χ2n) is 3.87. The molecule has 17 heavy (non-hydrogen) atoms. The summed E-state index contributed by atoms with van der Waals surface area (Å²) in [5.41, 5.74) is 9.48. The molecule has 3 rings (SSSR count). The number of pyridine rings is 1. The van der Waals surface area contributed by atoms with E-state index < -0.39 is 0 Å². The van der Waals surface area contributed by atoms with Crippen molar-refractivity contribution in [3.63, 3.8) is 0 Å². The van der Waals surface area contributed by atoms with E-state index in [-0.39, 0.29) is 0 Å². The van der Waals surface area contributed by atoms with Crippen LogP contribution < -0.4 is 11.1 Å². The van der Waals surface area contributed by atoms with Crippen molar-refractivity contribution in [1.29, 1.82) is 0 Å². The monoisotopic (exact) mass is 224 g/mol. The average Bonchev–Trinajstić information content (AvgIpc) is 2.79. The van der Waals surface area contributed by atoms with Crippen molar-refractivity contribution in [3.05, 3.63) is 48.9 Å². The lowest BCUT2D eigenvalue weighted by Crippen LogP contribution is -1.96. The molecular formula is C13H12N4. The van der Waals surface area contributed by atoms with E-state index >= 15 is 0 Å². The number of anilines is 3. The van der Waals surface area contributed by atoms with Gasteiger partial charge in [-0.15, -0.1) is 0 Å². The largest absolute Gasteiger partial charge is 0.397 e. The van der Waals surface area contributed by atoms with Gasteiger partial charge < -0.3 is 16.0 Å². The van der Waals surface area contributed by atoms with Crippen LogP contribution >= 0.6 is 0 Å². The second-order valence-corrected chi connectivity index (χ2v) is 3.87. The molecule has 0 saturated heterocycles. The van der Waals surface area contributed by atoms with Crippen LogP contribution in [0.4, 0.5) is 17.1 Å². The van der Waals surface area contributed by atoms with Crippen LogP contribution in [0, 0.1) is 0 Å². The van der Waals surface area contributed by atoms with E-state index in [9.17, 15) is 0 Å². The summed E-state index contributed by atoms with van der Waals surface area (Å²) in [5, 5.41) is 4.42. The van der Waals surface area contributed by atoms with Crippen molar-refractivity contribution in [2.75, 3.05) is 11.1 Å². The van der Waals surface area contributed by atoms with E-state index in [2.05, 4.69) is 21.4 Å². The minimum atomic E-state index is 0.689. The van der Waals surface area contributed by atoms with Gasteiger partial charge in [0.05, 0.1) is 17.6 Å². The number of fused-ring (bicyclic) bond motifs is 1. The Morgan fingerprint density at radius 1 is 1.18 bits per heavy atom. The predicted octanol–water partition coefficient (Wildman–Crippen LogP) is 2.89. The lowest BCUT2D eigenvalue weighted by molar-refractivity contribution is 1.32. The van der Waals surface area contributed by atoms with Gasteiger partial charge in [-0.1, -0.05) is 0 Å². The second kappa shape index (κ2) is 3.83. The third-order valence-electron chi connectivity index (χ3n) is 2.69. The molecule has 3 aromatic rings. The zero-order valence-corrected chi connectivity index (χ0v) is 9.14. The molecule has 0 spiro atoms. The number of benzene rings is 1. The first-order chi connectivity index (χ1) is 8.33. The fourth-order valence-corrected chi connectivity index (χ4v) is 1.80. The number of hydrogen-bond donors (Lipinski definition) is 3. The fraction of sp³-hybridized carbons (Fsp3) is 0. The summed E-state index contributed by atoms with van der Waals surface area (Å²) in [6.07, 6.45) is 5.32. The molecule has 0 fully saturated rings. The summed E-state index contributed by atoms with van der Waals surface area (Å²) >= 11 is 0. The molecule has 0 amide bonds. The molecule has 2 heterocycles. The Bertz CT molecular complexity index is 657. The van der Waals surface area contributed by atoms with Crippen LogP contribution in [0.15, 0.2) is 48.9 Å². The summed E-state index contributed by atoms with van der Waals surface area (Å²) in [6.45, 7) is 0. The number of hydrogen-bond acceptors (Lipinski definition) is 3. The molecule has 0 radical (unpaired) electrons. The number of H-pyrrole nitrogens is 1. The van der Waals surface area contributed by atoms with E-state index in [1.54, 1.807) is 18.5 Å². The van der Waals surface area contributed by atoms with E-state index in [1.807, 2.05) is 24.4 Å². The Morgan fingerprint density at radius 2 is 2.12 bits per heavy atom. The van der Waals surface area contributed by atoms with Gasteiger partial charge in [-0.3, -0.25) is 4.98 Å². The van der Waals surface area contributed by atoms with Crippen molar-refractivity contribution in [2.24, 2.45) is 0 Å². The molecule has 4 heteroatoms. The van der Waals surface area contributed by atoms with Gasteiger partial charge in [0, 0.05) is 29.0 Å². The molecule has 84 valence electrons. The molecule has 0 aliphatic heterocycles. The third kappa shape index (κ3) is 1.80. The molecule has 0 unspecified atom stereocenters. The average molecular weight is 224 g/mol. The van der Waals surface area contributed by atoms with Crippen LogP contribution in [0.25, 0.3) is 10.9 Å². The van der Waals surface area contributed by atoms with Crippen molar-refractivity contribution in [1.82, 2.24) is 9.97 Å². The van der Waals surface area contributed by atoms with Crippen LogP contribution in [-0.2, 0) is 0 Å². The summed E-state index contributed by atoms with van der Waals surface area (Å²) < 4.78 is 0. The Morgan fingerprint density at radius 3 is 3.00 bits per heavy atom. The molecule has 4 nitrogen and oxygen atoms in total. The van der Waals surface area contributed by atoms with E-state index in [0.29, 0.717) is 5.69 Å². The molecule has 4 N–H and O–H groups in total. The molecular weight excluding hydrogens is 212 g/mol. The molecule has 2 aromatic heterocycles. The lowest BCUT2D eigenvalue weighted by atomic mass is 10.2. The van der Waals surface area contributed by atoms with E-state index in [4.69, 9.17) is 5.73 Å². The van der Waals surface area contributed by atoms with Crippen molar-refractivity contribution in [2.45, 2.75) is 0 Å². The first kappa shape index (κ1) is 9.72. The summed E-state index contributed by atoms with van der Waals surface area (Å²) in [7, 11) is 0. The van der Waals surface area contributed by atoms with Crippen LogP contribution in [0.5, 0.6) is 0 Å². The molecule has 0 aliphatic carbocycles. The Balaban J connectivity index is 1.97. The van der Waals surface area contributed by atoms with Crippen LogP contribution in [0.3, 0.4) is 0 Å². The zero-order chi connectivity index (χ0) is 11.7. The van der Waals surface area contributed by atoms with Crippen LogP contribution in [-0.4, -0.2) is 9.97 Å². The Kier molecular flexibility index (Phi) is 2.19. The normalized spacial score (nSPS) is 10.6. The minimum Gasteiger partial charge on any atom is -0.397 e. The lowest BCUT2D eigenvalue weighted by Gasteiger charge is -2.08. The first-order valence-corrected chi connectivity index (χ1v) is 5.36. The number of nitrogens with zero attached hydrogens (tertiary/aromatic N) is 1. The van der Waals surface area contributed by atoms with Gasteiger partial charge in [0.15, 0.2) is 0 Å². The van der Waals surface area contributed by atoms with Gasteiger partial charge >= 0.3 is 0 Å². The quantitative estimate of drug-likeness (QED) is 0.627. The SMILES string of the molecule is Nc1ccncc1Nc1ccc2[nH]ccc2c1. The highest BCUT2D eigenvalue weighted by atomic mass is 14.9. The maximum absolute atomic E-state index is 5.85. The molecule has 0 bridgehead atoms. The maximum atomic E-state index is 5.85.